The van der Waals surface area contributed by atoms with E-state index in [1.165, 1.54) is 25.3 Å². The Morgan fingerprint density at radius 2 is 1.96 bits per heavy atom. The Balaban J connectivity index is 2.11. The van der Waals surface area contributed by atoms with Crippen molar-refractivity contribution in [1.29, 1.82) is 0 Å². The van der Waals surface area contributed by atoms with E-state index >= 15 is 0 Å². The number of methoxy groups -OCH3 is 1. The zero-order valence-electron chi connectivity index (χ0n) is 13.0. The van der Waals surface area contributed by atoms with Crippen LogP contribution in [-0.2, 0) is 4.79 Å². The summed E-state index contributed by atoms with van der Waals surface area (Å²) in [6, 6.07) is 10.7. The van der Waals surface area contributed by atoms with Gasteiger partial charge in [-0.3, -0.25) is 14.9 Å². The minimum Gasteiger partial charge on any atom is -0.494 e. The van der Waals surface area contributed by atoms with E-state index in [-0.39, 0.29) is 11.4 Å². The number of nitrogens with zero attached hydrogens (tertiary/aromatic N) is 1. The molecule has 126 valence electrons. The number of carbonyl (C=O) groups excluding carboxylic acids is 1. The molecule has 8 heteroatoms. The van der Waals surface area contributed by atoms with E-state index in [1.807, 2.05) is 0 Å². The lowest BCUT2D eigenvalue weighted by Crippen LogP contribution is -2.30. The summed E-state index contributed by atoms with van der Waals surface area (Å²) < 4.78 is 10.6. The number of rotatable bonds is 6. The molecule has 2 rings (SSSR count). The number of nitro groups is 1. The van der Waals surface area contributed by atoms with Crippen LogP contribution >= 0.6 is 11.6 Å². The SMILES string of the molecule is COc1cc([N+](=O)[O-])ccc1NC(=O)C(C)Oc1ccccc1Cl. The van der Waals surface area contributed by atoms with Crippen LogP contribution in [-0.4, -0.2) is 24.0 Å². The van der Waals surface area contributed by atoms with Crippen LogP contribution in [0.2, 0.25) is 5.02 Å². The second-order valence-corrected chi connectivity index (χ2v) is 5.23. The Labute approximate surface area is 143 Å². The molecule has 1 amide bonds. The molecular formula is C16H15ClN2O5. The Bertz CT molecular complexity index is 766. The molecule has 0 saturated carbocycles. The molecule has 1 N–H and O–H groups in total. The number of hydrogen-bond acceptors (Lipinski definition) is 5. The maximum atomic E-state index is 12.2. The average Bonchev–Trinajstić information content (AvgIpc) is 2.56. The minimum absolute atomic E-state index is 0.134. The number of para-hydroxylation sites is 1. The molecule has 0 aromatic heterocycles. The number of carbonyl (C=O) groups is 1. The summed E-state index contributed by atoms with van der Waals surface area (Å²) in [6.07, 6.45) is -0.829. The highest BCUT2D eigenvalue weighted by molar-refractivity contribution is 6.32. The van der Waals surface area contributed by atoms with Gasteiger partial charge in [-0.2, -0.15) is 0 Å². The maximum Gasteiger partial charge on any atom is 0.273 e. The summed E-state index contributed by atoms with van der Waals surface area (Å²) >= 11 is 5.99. The molecule has 0 aliphatic heterocycles. The van der Waals surface area contributed by atoms with Crippen LogP contribution in [0.1, 0.15) is 6.92 Å². The van der Waals surface area contributed by atoms with Gasteiger partial charge >= 0.3 is 0 Å². The Morgan fingerprint density at radius 1 is 1.25 bits per heavy atom. The van der Waals surface area contributed by atoms with Crippen LogP contribution in [0.5, 0.6) is 11.5 Å². The standard InChI is InChI=1S/C16H15ClN2O5/c1-10(24-14-6-4-3-5-12(14)17)16(20)18-13-8-7-11(19(21)22)9-15(13)23-2/h3-10H,1-2H3,(H,18,20). The monoisotopic (exact) mass is 350 g/mol. The molecule has 0 spiro atoms. The van der Waals surface area contributed by atoms with Gasteiger partial charge in [-0.25, -0.2) is 0 Å². The van der Waals surface area contributed by atoms with Gasteiger partial charge in [0.1, 0.15) is 11.5 Å². The van der Waals surface area contributed by atoms with E-state index in [1.54, 1.807) is 31.2 Å². The zero-order valence-corrected chi connectivity index (χ0v) is 13.7. The van der Waals surface area contributed by atoms with Gasteiger partial charge in [-0.15, -0.1) is 0 Å². The van der Waals surface area contributed by atoms with Crippen molar-refractivity contribution in [3.63, 3.8) is 0 Å². The number of benzene rings is 2. The number of nitro benzene ring substituents is 1. The van der Waals surface area contributed by atoms with E-state index in [2.05, 4.69) is 5.32 Å². The third-order valence-electron chi connectivity index (χ3n) is 3.16. The van der Waals surface area contributed by atoms with Crippen molar-refractivity contribution in [2.45, 2.75) is 13.0 Å². The molecule has 24 heavy (non-hydrogen) atoms. The minimum atomic E-state index is -0.829. The van der Waals surface area contributed by atoms with Gasteiger partial charge in [0, 0.05) is 6.07 Å². The Kier molecular flexibility index (Phi) is 5.59. The number of hydrogen-bond donors (Lipinski definition) is 1. The fourth-order valence-corrected chi connectivity index (χ4v) is 2.10. The van der Waals surface area contributed by atoms with Crippen molar-refractivity contribution in [3.8, 4) is 11.5 Å². The molecule has 0 aliphatic carbocycles. The van der Waals surface area contributed by atoms with E-state index in [0.717, 1.165) is 0 Å². The molecule has 0 saturated heterocycles. The molecular weight excluding hydrogens is 336 g/mol. The first-order valence-corrected chi connectivity index (χ1v) is 7.34. The molecule has 1 atom stereocenters. The smallest absolute Gasteiger partial charge is 0.273 e. The summed E-state index contributed by atoms with van der Waals surface area (Å²) in [7, 11) is 1.36. The summed E-state index contributed by atoms with van der Waals surface area (Å²) in [6.45, 7) is 1.57. The van der Waals surface area contributed by atoms with Gasteiger partial charge in [-0.05, 0) is 25.1 Å². The van der Waals surface area contributed by atoms with E-state index in [4.69, 9.17) is 21.1 Å². The lowest BCUT2D eigenvalue weighted by Gasteiger charge is -2.16. The van der Waals surface area contributed by atoms with E-state index in [9.17, 15) is 14.9 Å². The van der Waals surface area contributed by atoms with Crippen molar-refractivity contribution in [2.75, 3.05) is 12.4 Å². The number of anilines is 1. The molecule has 0 radical (unpaired) electrons. The highest BCUT2D eigenvalue weighted by Gasteiger charge is 2.19. The molecule has 2 aromatic carbocycles. The van der Waals surface area contributed by atoms with Gasteiger partial charge in [0.15, 0.2) is 6.10 Å². The normalized spacial score (nSPS) is 11.5. The first kappa shape index (κ1) is 17.6. The second-order valence-electron chi connectivity index (χ2n) is 4.82. The zero-order chi connectivity index (χ0) is 17.7. The number of halogens is 1. The molecule has 7 nitrogen and oxygen atoms in total. The van der Waals surface area contributed by atoms with Gasteiger partial charge in [0.25, 0.3) is 11.6 Å². The van der Waals surface area contributed by atoms with Crippen molar-refractivity contribution >= 4 is 28.9 Å². The molecule has 1 unspecified atom stereocenters. The predicted octanol–water partition coefficient (Wildman–Crippen LogP) is 3.66. The summed E-state index contributed by atoms with van der Waals surface area (Å²) in [5, 5.41) is 13.8. The van der Waals surface area contributed by atoms with Gasteiger partial charge < -0.3 is 14.8 Å². The molecule has 0 bridgehead atoms. The third-order valence-corrected chi connectivity index (χ3v) is 3.48. The van der Waals surface area contributed by atoms with Crippen LogP contribution in [0.4, 0.5) is 11.4 Å². The quantitative estimate of drug-likeness (QED) is 0.634. The lowest BCUT2D eigenvalue weighted by atomic mass is 10.2. The van der Waals surface area contributed by atoms with Gasteiger partial charge in [-0.1, -0.05) is 23.7 Å². The first-order valence-electron chi connectivity index (χ1n) is 6.97. The second kappa shape index (κ2) is 7.65. The third kappa shape index (κ3) is 4.14. The van der Waals surface area contributed by atoms with Crippen molar-refractivity contribution in [2.24, 2.45) is 0 Å². The van der Waals surface area contributed by atoms with Crippen molar-refractivity contribution < 1.29 is 19.2 Å². The predicted molar refractivity (Wildman–Crippen MR) is 89.8 cm³/mol. The molecule has 2 aromatic rings. The van der Waals surface area contributed by atoms with E-state index < -0.39 is 16.9 Å². The summed E-state index contributed by atoms with van der Waals surface area (Å²) in [4.78, 5) is 22.5. The average molecular weight is 351 g/mol. The van der Waals surface area contributed by atoms with Crippen LogP contribution < -0.4 is 14.8 Å². The lowest BCUT2D eigenvalue weighted by molar-refractivity contribution is -0.384. The fourth-order valence-electron chi connectivity index (χ4n) is 1.92. The van der Waals surface area contributed by atoms with Crippen molar-refractivity contribution in [1.82, 2.24) is 0 Å². The summed E-state index contributed by atoms with van der Waals surface area (Å²) in [5.41, 5.74) is 0.174. The van der Waals surface area contributed by atoms with Crippen LogP contribution in [0.3, 0.4) is 0 Å². The van der Waals surface area contributed by atoms with Crippen LogP contribution in [0, 0.1) is 10.1 Å². The Hall–Kier alpha value is -2.80. The highest BCUT2D eigenvalue weighted by Crippen LogP contribution is 2.29. The number of ether oxygens (including phenoxy) is 2. The van der Waals surface area contributed by atoms with Crippen LogP contribution in [0.15, 0.2) is 42.5 Å². The topological polar surface area (TPSA) is 90.7 Å². The van der Waals surface area contributed by atoms with E-state index in [0.29, 0.717) is 16.5 Å². The van der Waals surface area contributed by atoms with Crippen molar-refractivity contribution in [3.05, 3.63) is 57.6 Å². The highest BCUT2D eigenvalue weighted by atomic mass is 35.5. The van der Waals surface area contributed by atoms with Gasteiger partial charge in [0.05, 0.1) is 28.8 Å². The maximum absolute atomic E-state index is 12.2. The Morgan fingerprint density at radius 3 is 2.58 bits per heavy atom. The van der Waals surface area contributed by atoms with Crippen LogP contribution in [0.25, 0.3) is 0 Å². The number of amides is 1. The first-order chi connectivity index (χ1) is 11.4. The van der Waals surface area contributed by atoms with Gasteiger partial charge in [0.2, 0.25) is 0 Å². The molecule has 0 heterocycles. The largest absolute Gasteiger partial charge is 0.494 e. The number of nitrogens with one attached hydrogen (secondary N) is 1. The fraction of sp³-hybridized carbons (Fsp3) is 0.188. The summed E-state index contributed by atoms with van der Waals surface area (Å²) in [5.74, 6) is 0.127. The molecule has 0 fully saturated rings. The number of non-ortho nitro benzene ring substituents is 1. The molecule has 0 aliphatic rings.